The van der Waals surface area contributed by atoms with Gasteiger partial charge in [0.1, 0.15) is 0 Å². The number of fused-ring (bicyclic) bond motifs is 1. The van der Waals surface area contributed by atoms with Gasteiger partial charge in [0.2, 0.25) is 5.91 Å². The third-order valence-electron chi connectivity index (χ3n) is 6.93. The first-order valence-electron chi connectivity index (χ1n) is 12.1. The number of rotatable bonds is 7. The fraction of sp³-hybridized carbons (Fsp3) is 0.370. The first-order chi connectivity index (χ1) is 16.6. The number of likely N-dealkylation sites (N-methyl/N-ethyl adjacent to an activating group) is 1. The number of aromatic nitrogens is 2. The lowest BCUT2D eigenvalue weighted by Gasteiger charge is -2.27. The molecule has 3 heterocycles. The zero-order valence-corrected chi connectivity index (χ0v) is 19.6. The minimum atomic E-state index is -0.336. The number of benzene rings is 1. The van der Waals surface area contributed by atoms with Gasteiger partial charge in [0.05, 0.1) is 22.9 Å². The summed E-state index contributed by atoms with van der Waals surface area (Å²) in [4.78, 5) is 38.4. The van der Waals surface area contributed by atoms with Crippen molar-refractivity contribution in [2.24, 2.45) is 5.92 Å². The Bertz CT molecular complexity index is 1150. The predicted octanol–water partition coefficient (Wildman–Crippen LogP) is 4.12. The zero-order chi connectivity index (χ0) is 23.5. The van der Waals surface area contributed by atoms with Crippen LogP contribution in [0.4, 0.5) is 11.4 Å². The second-order valence-electron chi connectivity index (χ2n) is 9.29. The van der Waals surface area contributed by atoms with Crippen molar-refractivity contribution in [1.29, 1.82) is 0 Å². The van der Waals surface area contributed by atoms with Crippen molar-refractivity contribution in [1.82, 2.24) is 19.8 Å². The molecule has 1 aliphatic heterocycles. The predicted molar refractivity (Wildman–Crippen MR) is 133 cm³/mol. The van der Waals surface area contributed by atoms with Gasteiger partial charge in [-0.05, 0) is 50.2 Å². The molecule has 0 radical (unpaired) electrons. The number of nitrogens with one attached hydrogen (secondary N) is 2. The van der Waals surface area contributed by atoms with Gasteiger partial charge in [-0.1, -0.05) is 18.2 Å². The average Bonchev–Trinajstić information content (AvgIpc) is 3.51. The quantitative estimate of drug-likeness (QED) is 0.558. The third kappa shape index (κ3) is 4.61. The first-order valence-corrected chi connectivity index (χ1v) is 12.1. The number of nitrogens with zero attached hydrogens (tertiary/aromatic N) is 3. The highest BCUT2D eigenvalue weighted by Gasteiger charge is 2.36. The molecule has 2 aromatic heterocycles. The molecule has 0 spiro atoms. The van der Waals surface area contributed by atoms with Crippen LogP contribution >= 0.6 is 0 Å². The number of ketones is 1. The summed E-state index contributed by atoms with van der Waals surface area (Å²) in [5, 5.41) is 3.45. The highest BCUT2D eigenvalue weighted by Crippen LogP contribution is 2.40. The van der Waals surface area contributed by atoms with Gasteiger partial charge in [0.15, 0.2) is 5.78 Å². The van der Waals surface area contributed by atoms with Crippen molar-refractivity contribution in [3.63, 3.8) is 0 Å². The molecule has 1 aromatic carbocycles. The molecule has 2 N–H and O–H groups in total. The second kappa shape index (κ2) is 9.81. The van der Waals surface area contributed by atoms with Gasteiger partial charge >= 0.3 is 0 Å². The molecule has 34 heavy (non-hydrogen) atoms. The maximum Gasteiger partial charge on any atom is 0.226 e. The van der Waals surface area contributed by atoms with E-state index in [1.807, 2.05) is 49.5 Å². The molecule has 1 atom stereocenters. The molecule has 1 fully saturated rings. The van der Waals surface area contributed by atoms with Crippen LogP contribution in [0, 0.1) is 5.92 Å². The van der Waals surface area contributed by atoms with Crippen LogP contribution in [0.15, 0.2) is 54.9 Å². The van der Waals surface area contributed by atoms with Crippen LogP contribution in [0.5, 0.6) is 0 Å². The summed E-state index contributed by atoms with van der Waals surface area (Å²) in [6.45, 7) is 3.83. The molecule has 1 saturated heterocycles. The zero-order valence-electron chi connectivity index (χ0n) is 19.6. The third-order valence-corrected chi connectivity index (χ3v) is 6.93. The Labute approximate surface area is 200 Å². The lowest BCUT2D eigenvalue weighted by molar-refractivity contribution is -0.134. The Morgan fingerprint density at radius 3 is 2.59 bits per heavy atom. The molecule has 7 heteroatoms. The Morgan fingerprint density at radius 2 is 1.85 bits per heavy atom. The van der Waals surface area contributed by atoms with Crippen LogP contribution in [0.3, 0.4) is 0 Å². The van der Waals surface area contributed by atoms with E-state index in [-0.39, 0.29) is 24.0 Å². The molecular formula is C27H31N5O2. The minimum Gasteiger partial charge on any atom is -0.356 e. The Morgan fingerprint density at radius 1 is 1.12 bits per heavy atom. The van der Waals surface area contributed by atoms with E-state index in [4.69, 9.17) is 0 Å². The molecule has 176 valence electrons. The largest absolute Gasteiger partial charge is 0.356 e. The van der Waals surface area contributed by atoms with Crippen molar-refractivity contribution in [3.05, 3.63) is 66.1 Å². The van der Waals surface area contributed by atoms with Gasteiger partial charge in [0.25, 0.3) is 0 Å². The van der Waals surface area contributed by atoms with E-state index in [0.29, 0.717) is 18.5 Å². The molecular weight excluding hydrogens is 426 g/mol. The van der Waals surface area contributed by atoms with Gasteiger partial charge in [-0.25, -0.2) is 0 Å². The molecule has 1 unspecified atom stereocenters. The fourth-order valence-electron chi connectivity index (χ4n) is 5.08. The van der Waals surface area contributed by atoms with Crippen LogP contribution in [-0.4, -0.2) is 64.7 Å². The highest BCUT2D eigenvalue weighted by molar-refractivity contribution is 6.09. The van der Waals surface area contributed by atoms with Crippen LogP contribution in [0.1, 0.15) is 35.3 Å². The van der Waals surface area contributed by atoms with E-state index >= 15 is 0 Å². The number of hydrogen-bond acceptors (Lipinski definition) is 5. The number of amides is 1. The van der Waals surface area contributed by atoms with Crippen molar-refractivity contribution in [2.45, 2.75) is 25.7 Å². The number of pyridine rings is 1. The number of carbonyl (C=O) groups excluding carboxylic acids is 2. The summed E-state index contributed by atoms with van der Waals surface area (Å²) < 4.78 is 0. The van der Waals surface area contributed by atoms with Crippen LogP contribution in [0.2, 0.25) is 0 Å². The number of para-hydroxylation sites is 1. The summed E-state index contributed by atoms with van der Waals surface area (Å²) in [5.74, 6) is -0.282. The summed E-state index contributed by atoms with van der Waals surface area (Å²) in [6, 6.07) is 13.7. The minimum absolute atomic E-state index is 0.00234. The van der Waals surface area contributed by atoms with E-state index in [1.165, 1.54) is 12.8 Å². The first kappa shape index (κ1) is 22.3. The summed E-state index contributed by atoms with van der Waals surface area (Å²) >= 11 is 0. The smallest absolute Gasteiger partial charge is 0.226 e. The van der Waals surface area contributed by atoms with Crippen LogP contribution < -0.4 is 5.32 Å². The van der Waals surface area contributed by atoms with E-state index in [1.54, 1.807) is 17.3 Å². The van der Waals surface area contributed by atoms with Crippen LogP contribution in [-0.2, 0) is 11.2 Å². The molecule has 2 aliphatic rings. The molecule has 1 aliphatic carbocycles. The Hall–Kier alpha value is -3.45. The maximum absolute atomic E-state index is 13.4. The van der Waals surface area contributed by atoms with Gasteiger partial charge < -0.3 is 20.1 Å². The topological polar surface area (TPSA) is 81.3 Å². The van der Waals surface area contributed by atoms with Crippen molar-refractivity contribution in [3.8, 4) is 11.3 Å². The molecule has 0 saturated carbocycles. The normalized spacial score (nSPS) is 18.0. The Kier molecular flexibility index (Phi) is 6.45. The summed E-state index contributed by atoms with van der Waals surface area (Å²) in [6.07, 6.45) is 6.72. The number of likely N-dealkylation sites (tertiary alicyclic amines) is 1. The molecule has 1 amide bonds. The number of anilines is 2. The number of hydrogen-bond donors (Lipinski definition) is 2. The van der Waals surface area contributed by atoms with Gasteiger partial charge in [0, 0.05) is 62.3 Å². The number of Topliss-reactive ketones (excluding diaryl/α,β-unsaturated/α-hetero) is 1. The lowest BCUT2D eigenvalue weighted by atomic mass is 9.85. The number of carbonyl (C=O) groups is 2. The maximum atomic E-state index is 13.4. The Balaban J connectivity index is 1.40. The molecule has 0 bridgehead atoms. The van der Waals surface area contributed by atoms with E-state index in [2.05, 4.69) is 20.2 Å². The lowest BCUT2D eigenvalue weighted by Crippen LogP contribution is -2.40. The van der Waals surface area contributed by atoms with Gasteiger partial charge in [-0.3, -0.25) is 14.6 Å². The summed E-state index contributed by atoms with van der Waals surface area (Å²) in [7, 11) is 1.86. The molecule has 3 aromatic rings. The second-order valence-corrected chi connectivity index (χ2v) is 9.29. The summed E-state index contributed by atoms with van der Waals surface area (Å²) in [5.41, 5.74) is 4.96. The van der Waals surface area contributed by atoms with E-state index < -0.39 is 0 Å². The van der Waals surface area contributed by atoms with E-state index in [0.717, 1.165) is 48.0 Å². The number of aromatic amines is 1. The fourth-order valence-corrected chi connectivity index (χ4v) is 5.08. The standard InChI is InChI=1S/C27H31N5O2/c1-31(15-16-32-13-5-6-14-32)27(34)20-17-22-24(23(33)18-20)26(29-21-7-3-2-4-8-21)25(30-22)19-9-11-28-12-10-19/h2-4,7-12,20,29-30H,5-6,13-18H2,1H3. The van der Waals surface area contributed by atoms with Crippen LogP contribution in [0.25, 0.3) is 11.3 Å². The van der Waals surface area contributed by atoms with Gasteiger partial charge in [-0.2, -0.15) is 0 Å². The molecule has 7 nitrogen and oxygen atoms in total. The van der Waals surface area contributed by atoms with Crippen molar-refractivity contribution < 1.29 is 9.59 Å². The van der Waals surface area contributed by atoms with E-state index in [9.17, 15) is 9.59 Å². The van der Waals surface area contributed by atoms with Gasteiger partial charge in [-0.15, -0.1) is 0 Å². The molecule has 5 rings (SSSR count). The highest BCUT2D eigenvalue weighted by atomic mass is 16.2. The van der Waals surface area contributed by atoms with Crippen molar-refractivity contribution in [2.75, 3.05) is 38.5 Å². The number of H-pyrrole nitrogens is 1. The van der Waals surface area contributed by atoms with Crippen molar-refractivity contribution >= 4 is 23.1 Å². The SMILES string of the molecule is CN(CCN1CCCC1)C(=O)C1CC(=O)c2c([nH]c(-c3ccncc3)c2Nc2ccccc2)C1. The average molecular weight is 458 g/mol. The monoisotopic (exact) mass is 457 g/mol.